The average molecular weight is 299 g/mol. The number of hydrogen-bond acceptors (Lipinski definition) is 2. The van der Waals surface area contributed by atoms with Crippen LogP contribution in [0.15, 0.2) is 18.2 Å². The molecule has 1 aliphatic rings. The van der Waals surface area contributed by atoms with E-state index in [4.69, 9.17) is 11.6 Å². The minimum absolute atomic E-state index is 0.0268. The van der Waals surface area contributed by atoms with Crippen molar-refractivity contribution in [1.29, 1.82) is 0 Å². The van der Waals surface area contributed by atoms with Crippen molar-refractivity contribution in [2.24, 2.45) is 0 Å². The number of piperazine rings is 1. The van der Waals surface area contributed by atoms with Crippen molar-refractivity contribution in [3.8, 4) is 0 Å². The molecule has 1 N–H and O–H groups in total. The van der Waals surface area contributed by atoms with E-state index in [1.807, 2.05) is 12.1 Å². The molecule has 20 heavy (non-hydrogen) atoms. The van der Waals surface area contributed by atoms with Gasteiger partial charge < -0.3 is 5.32 Å². The van der Waals surface area contributed by atoms with Crippen LogP contribution in [0.25, 0.3) is 0 Å². The molecule has 1 aromatic carbocycles. The Labute approximate surface area is 126 Å². The Morgan fingerprint density at radius 2 is 2.20 bits per heavy atom. The zero-order valence-corrected chi connectivity index (χ0v) is 13.3. The lowest BCUT2D eigenvalue weighted by molar-refractivity contribution is 0.0554. The van der Waals surface area contributed by atoms with Crippen LogP contribution < -0.4 is 5.32 Å². The van der Waals surface area contributed by atoms with Crippen LogP contribution in [0.1, 0.15) is 39.2 Å². The molecular weight excluding hydrogens is 275 g/mol. The van der Waals surface area contributed by atoms with E-state index in [1.165, 1.54) is 0 Å². The largest absolute Gasteiger partial charge is 0.311 e. The van der Waals surface area contributed by atoms with E-state index in [-0.39, 0.29) is 16.4 Å². The summed E-state index contributed by atoms with van der Waals surface area (Å²) in [7, 11) is 0. The molecule has 0 spiro atoms. The smallest absolute Gasteiger partial charge is 0.146 e. The number of hydrogen-bond donors (Lipinski definition) is 1. The lowest BCUT2D eigenvalue weighted by Gasteiger charge is -2.46. The molecule has 112 valence electrons. The van der Waals surface area contributed by atoms with Gasteiger partial charge in [0.25, 0.3) is 0 Å². The Hall–Kier alpha value is -0.640. The summed E-state index contributed by atoms with van der Waals surface area (Å²) in [5.74, 6) is -0.282. The van der Waals surface area contributed by atoms with Gasteiger partial charge in [-0.15, -0.1) is 0 Å². The molecule has 0 saturated carbocycles. The zero-order valence-electron chi connectivity index (χ0n) is 12.5. The van der Waals surface area contributed by atoms with Crippen molar-refractivity contribution in [3.63, 3.8) is 0 Å². The standard InChI is InChI=1S/C16H24ClFN2/c1-4-6-13-10-20(16(2,3)11-19-13)9-12-7-5-8-14(17)15(12)18/h5,7-8,13,19H,4,6,9-11H2,1-3H3. The molecule has 1 saturated heterocycles. The van der Waals surface area contributed by atoms with E-state index < -0.39 is 0 Å². The van der Waals surface area contributed by atoms with Crippen molar-refractivity contribution in [3.05, 3.63) is 34.6 Å². The maximum atomic E-state index is 14.1. The molecule has 1 fully saturated rings. The van der Waals surface area contributed by atoms with Gasteiger partial charge in [-0.25, -0.2) is 4.39 Å². The molecule has 1 heterocycles. The maximum Gasteiger partial charge on any atom is 0.146 e. The van der Waals surface area contributed by atoms with Crippen LogP contribution in [0.5, 0.6) is 0 Å². The summed E-state index contributed by atoms with van der Waals surface area (Å²) in [5.41, 5.74) is 0.710. The van der Waals surface area contributed by atoms with E-state index in [0.29, 0.717) is 18.2 Å². The quantitative estimate of drug-likeness (QED) is 0.909. The number of halogens is 2. The fourth-order valence-electron chi connectivity index (χ4n) is 2.78. The molecule has 0 bridgehead atoms. The summed E-state index contributed by atoms with van der Waals surface area (Å²) in [4.78, 5) is 2.36. The van der Waals surface area contributed by atoms with Crippen molar-refractivity contribution < 1.29 is 4.39 Å². The molecule has 2 rings (SSSR count). The maximum absolute atomic E-state index is 14.1. The number of nitrogens with zero attached hydrogens (tertiary/aromatic N) is 1. The Kier molecular flexibility index (Phi) is 5.05. The predicted octanol–water partition coefficient (Wildman–Crippen LogP) is 3.83. The zero-order chi connectivity index (χ0) is 14.8. The Morgan fingerprint density at radius 3 is 2.90 bits per heavy atom. The fourth-order valence-corrected chi connectivity index (χ4v) is 2.97. The number of benzene rings is 1. The van der Waals surface area contributed by atoms with Gasteiger partial charge in [-0.05, 0) is 26.3 Å². The summed E-state index contributed by atoms with van der Waals surface area (Å²) < 4.78 is 14.1. The molecule has 4 heteroatoms. The summed E-state index contributed by atoms with van der Waals surface area (Å²) in [6.45, 7) is 9.09. The summed E-state index contributed by atoms with van der Waals surface area (Å²) in [6.07, 6.45) is 2.32. The molecule has 1 unspecified atom stereocenters. The predicted molar refractivity (Wildman–Crippen MR) is 82.6 cm³/mol. The SMILES string of the molecule is CCCC1CN(Cc2cccc(Cl)c2F)C(C)(C)CN1. The van der Waals surface area contributed by atoms with Gasteiger partial charge in [0.05, 0.1) is 5.02 Å². The first-order valence-corrected chi connectivity index (χ1v) is 7.73. The van der Waals surface area contributed by atoms with Crippen molar-refractivity contribution in [2.75, 3.05) is 13.1 Å². The van der Waals surface area contributed by atoms with Gasteiger partial charge in [0.2, 0.25) is 0 Å². The van der Waals surface area contributed by atoms with Gasteiger partial charge in [-0.2, -0.15) is 0 Å². The van der Waals surface area contributed by atoms with Crippen LogP contribution in [0.3, 0.4) is 0 Å². The van der Waals surface area contributed by atoms with Crippen molar-refractivity contribution in [2.45, 2.75) is 51.7 Å². The van der Waals surface area contributed by atoms with Gasteiger partial charge in [0.1, 0.15) is 5.82 Å². The van der Waals surface area contributed by atoms with Crippen molar-refractivity contribution in [1.82, 2.24) is 10.2 Å². The third kappa shape index (κ3) is 3.51. The van der Waals surface area contributed by atoms with Gasteiger partial charge in [-0.1, -0.05) is 37.1 Å². The van der Waals surface area contributed by atoms with Crippen LogP contribution in [-0.4, -0.2) is 29.6 Å². The monoisotopic (exact) mass is 298 g/mol. The Bertz CT molecular complexity index is 462. The first kappa shape index (κ1) is 15.7. The highest BCUT2D eigenvalue weighted by Crippen LogP contribution is 2.25. The molecule has 2 nitrogen and oxygen atoms in total. The highest BCUT2D eigenvalue weighted by molar-refractivity contribution is 6.30. The minimum atomic E-state index is -0.282. The van der Waals surface area contributed by atoms with Crippen LogP contribution >= 0.6 is 11.6 Å². The third-order valence-corrected chi connectivity index (χ3v) is 4.44. The van der Waals surface area contributed by atoms with Crippen LogP contribution in [0.4, 0.5) is 4.39 Å². The lowest BCUT2D eigenvalue weighted by Crippen LogP contribution is -2.61. The lowest BCUT2D eigenvalue weighted by atomic mass is 9.95. The van der Waals surface area contributed by atoms with E-state index in [1.54, 1.807) is 6.07 Å². The molecule has 1 aromatic rings. The highest BCUT2D eigenvalue weighted by Gasteiger charge is 2.33. The Balaban J connectivity index is 2.14. The van der Waals surface area contributed by atoms with Crippen molar-refractivity contribution >= 4 is 11.6 Å². The summed E-state index contributed by atoms with van der Waals surface area (Å²) >= 11 is 5.88. The van der Waals surface area contributed by atoms with Crippen LogP contribution in [-0.2, 0) is 6.54 Å². The summed E-state index contributed by atoms with van der Waals surface area (Å²) in [5, 5.41) is 3.80. The van der Waals surface area contributed by atoms with Gasteiger partial charge in [-0.3, -0.25) is 4.90 Å². The second-order valence-electron chi connectivity index (χ2n) is 6.27. The number of rotatable bonds is 4. The minimum Gasteiger partial charge on any atom is -0.311 e. The normalized spacial score (nSPS) is 22.9. The molecule has 0 amide bonds. The second-order valence-corrected chi connectivity index (χ2v) is 6.68. The first-order valence-electron chi connectivity index (χ1n) is 7.35. The van der Waals surface area contributed by atoms with E-state index in [2.05, 4.69) is 31.0 Å². The molecule has 1 aliphatic heterocycles. The summed E-state index contributed by atoms with van der Waals surface area (Å²) in [6, 6.07) is 5.74. The van der Waals surface area contributed by atoms with E-state index in [0.717, 1.165) is 25.9 Å². The van der Waals surface area contributed by atoms with Gasteiger partial charge in [0.15, 0.2) is 0 Å². The first-order chi connectivity index (χ1) is 9.44. The van der Waals surface area contributed by atoms with Crippen LogP contribution in [0.2, 0.25) is 5.02 Å². The topological polar surface area (TPSA) is 15.3 Å². The third-order valence-electron chi connectivity index (χ3n) is 4.15. The fraction of sp³-hybridized carbons (Fsp3) is 0.625. The van der Waals surface area contributed by atoms with E-state index in [9.17, 15) is 4.39 Å². The molecule has 1 atom stereocenters. The molecule has 0 aliphatic carbocycles. The average Bonchev–Trinajstić information content (AvgIpc) is 2.39. The number of nitrogens with one attached hydrogen (secondary N) is 1. The van der Waals surface area contributed by atoms with Gasteiger partial charge in [0, 0.05) is 36.8 Å². The second kappa shape index (κ2) is 6.42. The van der Waals surface area contributed by atoms with Gasteiger partial charge >= 0.3 is 0 Å². The highest BCUT2D eigenvalue weighted by atomic mass is 35.5. The van der Waals surface area contributed by atoms with E-state index >= 15 is 0 Å². The molecular formula is C16H24ClFN2. The van der Waals surface area contributed by atoms with Crippen LogP contribution in [0, 0.1) is 5.82 Å². The molecule has 0 radical (unpaired) electrons. The Morgan fingerprint density at radius 1 is 1.45 bits per heavy atom. The molecule has 0 aromatic heterocycles.